The molecule has 0 saturated heterocycles. The Morgan fingerprint density at radius 3 is 2.50 bits per heavy atom. The van der Waals surface area contributed by atoms with Gasteiger partial charge in [-0.3, -0.25) is 0 Å². The fraction of sp³-hybridized carbons (Fsp3) is 0.600. The number of hydrogen-bond acceptors (Lipinski definition) is 5. The first-order valence-corrected chi connectivity index (χ1v) is 6.89. The van der Waals surface area contributed by atoms with Crippen LogP contribution in [-0.2, 0) is 16.0 Å². The van der Waals surface area contributed by atoms with Gasteiger partial charge in [0.2, 0.25) is 0 Å². The van der Waals surface area contributed by atoms with Crippen LogP contribution in [0.5, 0.6) is 11.5 Å². The maximum atomic E-state index is 5.66. The smallest absolute Gasteiger partial charge is 0.161 e. The molecule has 0 fully saturated rings. The maximum absolute atomic E-state index is 5.66. The van der Waals surface area contributed by atoms with Gasteiger partial charge in [0.1, 0.15) is 6.61 Å². The van der Waals surface area contributed by atoms with Gasteiger partial charge in [0.05, 0.1) is 26.9 Å². The summed E-state index contributed by atoms with van der Waals surface area (Å²) < 4.78 is 21.2. The Hall–Kier alpha value is -1.30. The predicted octanol–water partition coefficient (Wildman–Crippen LogP) is 1.85. The zero-order valence-electron chi connectivity index (χ0n) is 12.6. The lowest BCUT2D eigenvalue weighted by Gasteiger charge is -2.12. The van der Waals surface area contributed by atoms with E-state index in [1.54, 1.807) is 14.2 Å². The zero-order valence-corrected chi connectivity index (χ0v) is 12.6. The van der Waals surface area contributed by atoms with Crippen molar-refractivity contribution in [2.45, 2.75) is 13.5 Å². The molecule has 114 valence electrons. The summed E-state index contributed by atoms with van der Waals surface area (Å²) >= 11 is 0. The molecule has 0 aliphatic carbocycles. The van der Waals surface area contributed by atoms with Crippen molar-refractivity contribution < 1.29 is 18.9 Å². The van der Waals surface area contributed by atoms with E-state index in [0.717, 1.165) is 24.6 Å². The lowest BCUT2D eigenvalue weighted by molar-refractivity contribution is 0.0540. The molecule has 0 radical (unpaired) electrons. The summed E-state index contributed by atoms with van der Waals surface area (Å²) in [7, 11) is 3.30. The van der Waals surface area contributed by atoms with Gasteiger partial charge in [0.15, 0.2) is 11.5 Å². The van der Waals surface area contributed by atoms with Crippen LogP contribution in [0.25, 0.3) is 0 Å². The summed E-state index contributed by atoms with van der Waals surface area (Å²) in [6, 6.07) is 5.96. The second-order valence-corrected chi connectivity index (χ2v) is 4.22. The molecule has 0 aromatic heterocycles. The van der Waals surface area contributed by atoms with Crippen LogP contribution in [0, 0.1) is 0 Å². The van der Waals surface area contributed by atoms with Crippen molar-refractivity contribution in [1.82, 2.24) is 5.32 Å². The molecule has 0 bridgehead atoms. The molecule has 1 rings (SSSR count). The van der Waals surface area contributed by atoms with E-state index < -0.39 is 0 Å². The Balaban J connectivity index is 2.40. The second kappa shape index (κ2) is 10.5. The Morgan fingerprint density at radius 1 is 1.00 bits per heavy atom. The summed E-state index contributed by atoms with van der Waals surface area (Å²) in [5, 5.41) is 3.28. The van der Waals surface area contributed by atoms with E-state index >= 15 is 0 Å². The van der Waals surface area contributed by atoms with Crippen molar-refractivity contribution in [2.75, 3.05) is 47.2 Å². The monoisotopic (exact) mass is 283 g/mol. The van der Waals surface area contributed by atoms with E-state index in [1.165, 1.54) is 5.56 Å². The maximum Gasteiger partial charge on any atom is 0.161 e. The first kappa shape index (κ1) is 16.8. The molecule has 0 aliphatic heterocycles. The molecule has 1 aromatic rings. The normalized spacial score (nSPS) is 10.6. The third kappa shape index (κ3) is 6.23. The Kier molecular flexibility index (Phi) is 8.78. The fourth-order valence-corrected chi connectivity index (χ4v) is 1.67. The summed E-state index contributed by atoms with van der Waals surface area (Å²) in [4.78, 5) is 0. The molecular weight excluding hydrogens is 258 g/mol. The summed E-state index contributed by atoms with van der Waals surface area (Å²) in [5.74, 6) is 1.49. The average molecular weight is 283 g/mol. The van der Waals surface area contributed by atoms with Crippen LogP contribution in [0.3, 0.4) is 0 Å². The predicted molar refractivity (Wildman–Crippen MR) is 78.6 cm³/mol. The van der Waals surface area contributed by atoms with Crippen molar-refractivity contribution in [3.63, 3.8) is 0 Å². The molecule has 0 heterocycles. The number of nitrogens with one attached hydrogen (secondary N) is 1. The van der Waals surface area contributed by atoms with Crippen LogP contribution in [0.2, 0.25) is 0 Å². The minimum atomic E-state index is 0.493. The van der Waals surface area contributed by atoms with Gasteiger partial charge >= 0.3 is 0 Å². The molecule has 20 heavy (non-hydrogen) atoms. The number of hydrogen-bond donors (Lipinski definition) is 1. The quantitative estimate of drug-likeness (QED) is 0.628. The van der Waals surface area contributed by atoms with E-state index in [-0.39, 0.29) is 0 Å². The molecule has 0 amide bonds. The van der Waals surface area contributed by atoms with Crippen LogP contribution in [0.4, 0.5) is 0 Å². The van der Waals surface area contributed by atoms with Crippen molar-refractivity contribution in [1.29, 1.82) is 0 Å². The molecule has 5 nitrogen and oxygen atoms in total. The molecule has 0 unspecified atom stereocenters. The largest absolute Gasteiger partial charge is 0.493 e. The van der Waals surface area contributed by atoms with Crippen LogP contribution < -0.4 is 14.8 Å². The van der Waals surface area contributed by atoms with Crippen molar-refractivity contribution in [3.8, 4) is 11.5 Å². The third-order valence-corrected chi connectivity index (χ3v) is 2.72. The van der Waals surface area contributed by atoms with E-state index in [9.17, 15) is 0 Å². The first-order valence-electron chi connectivity index (χ1n) is 6.89. The first-order chi connectivity index (χ1) is 9.81. The van der Waals surface area contributed by atoms with Gasteiger partial charge in [-0.05, 0) is 24.2 Å². The van der Waals surface area contributed by atoms with Gasteiger partial charge in [-0.1, -0.05) is 13.0 Å². The van der Waals surface area contributed by atoms with E-state index in [1.807, 2.05) is 18.2 Å². The molecule has 5 heteroatoms. The topological polar surface area (TPSA) is 49.0 Å². The molecule has 0 aliphatic rings. The fourth-order valence-electron chi connectivity index (χ4n) is 1.67. The Morgan fingerprint density at radius 2 is 1.80 bits per heavy atom. The van der Waals surface area contributed by atoms with E-state index in [4.69, 9.17) is 18.9 Å². The van der Waals surface area contributed by atoms with Gasteiger partial charge in [0, 0.05) is 13.7 Å². The second-order valence-electron chi connectivity index (χ2n) is 4.22. The van der Waals surface area contributed by atoms with E-state index in [0.29, 0.717) is 26.4 Å². The van der Waals surface area contributed by atoms with Crippen molar-refractivity contribution in [2.24, 2.45) is 0 Å². The Bertz CT molecular complexity index is 371. The lowest BCUT2D eigenvalue weighted by atomic mass is 10.2. The number of ether oxygens (including phenoxy) is 4. The third-order valence-electron chi connectivity index (χ3n) is 2.72. The summed E-state index contributed by atoms with van der Waals surface area (Å²) in [6.45, 7) is 6.06. The highest BCUT2D eigenvalue weighted by atomic mass is 16.5. The number of methoxy groups -OCH3 is 2. The van der Waals surface area contributed by atoms with Gasteiger partial charge in [0.25, 0.3) is 0 Å². The molecular formula is C15H25NO4. The average Bonchev–Trinajstić information content (AvgIpc) is 2.49. The summed E-state index contributed by atoms with van der Waals surface area (Å²) in [6.07, 6.45) is 0. The SMILES string of the molecule is CCNCc1ccc(OCCOCCOC)c(OC)c1. The highest BCUT2D eigenvalue weighted by molar-refractivity contribution is 5.42. The highest BCUT2D eigenvalue weighted by Crippen LogP contribution is 2.27. The summed E-state index contributed by atoms with van der Waals surface area (Å²) in [5.41, 5.74) is 1.17. The minimum absolute atomic E-state index is 0.493. The molecule has 1 N–H and O–H groups in total. The van der Waals surface area contributed by atoms with Crippen molar-refractivity contribution in [3.05, 3.63) is 23.8 Å². The van der Waals surface area contributed by atoms with Gasteiger partial charge in [-0.25, -0.2) is 0 Å². The van der Waals surface area contributed by atoms with Gasteiger partial charge in [-0.2, -0.15) is 0 Å². The number of rotatable bonds is 11. The molecule has 0 atom stereocenters. The zero-order chi connectivity index (χ0) is 14.6. The number of benzene rings is 1. The van der Waals surface area contributed by atoms with Crippen LogP contribution in [0.15, 0.2) is 18.2 Å². The van der Waals surface area contributed by atoms with Gasteiger partial charge in [-0.15, -0.1) is 0 Å². The molecule has 1 aromatic carbocycles. The van der Waals surface area contributed by atoms with Crippen LogP contribution in [-0.4, -0.2) is 47.2 Å². The van der Waals surface area contributed by atoms with E-state index in [2.05, 4.69) is 12.2 Å². The standard InChI is InChI=1S/C15H25NO4/c1-4-16-12-13-5-6-14(15(11-13)18-3)20-10-9-19-8-7-17-2/h5-6,11,16H,4,7-10,12H2,1-3H3. The minimum Gasteiger partial charge on any atom is -0.493 e. The lowest BCUT2D eigenvalue weighted by Crippen LogP contribution is -2.12. The van der Waals surface area contributed by atoms with Gasteiger partial charge < -0.3 is 24.3 Å². The molecule has 0 saturated carbocycles. The van der Waals surface area contributed by atoms with Crippen LogP contribution >= 0.6 is 0 Å². The molecule has 0 spiro atoms. The Labute approximate surface area is 121 Å². The highest BCUT2D eigenvalue weighted by Gasteiger charge is 2.05. The van der Waals surface area contributed by atoms with Crippen molar-refractivity contribution >= 4 is 0 Å². The van der Waals surface area contributed by atoms with Crippen LogP contribution in [0.1, 0.15) is 12.5 Å².